The van der Waals surface area contributed by atoms with Crippen molar-refractivity contribution in [2.45, 2.75) is 27.2 Å². The van der Waals surface area contributed by atoms with Crippen LogP contribution in [0.25, 0.3) is 0 Å². The third-order valence-corrected chi connectivity index (χ3v) is 5.03. The van der Waals surface area contributed by atoms with Gasteiger partial charge in [0.25, 0.3) is 5.91 Å². The monoisotopic (exact) mass is 458 g/mol. The second kappa shape index (κ2) is 10.6. The lowest BCUT2D eigenvalue weighted by Gasteiger charge is -2.10. The number of ether oxygens (including phenoxy) is 2. The summed E-state index contributed by atoms with van der Waals surface area (Å²) >= 11 is 12.8. The number of carbonyl (C=O) groups excluding carboxylic acids is 3. The zero-order chi connectivity index (χ0) is 21.6. The van der Waals surface area contributed by atoms with Crippen LogP contribution in [-0.4, -0.2) is 36.0 Å². The van der Waals surface area contributed by atoms with Crippen molar-refractivity contribution in [3.63, 3.8) is 0 Å². The van der Waals surface area contributed by atoms with Crippen LogP contribution in [-0.2, 0) is 20.7 Å². The molecule has 0 atom stereocenters. The predicted molar refractivity (Wildman–Crippen MR) is 112 cm³/mol. The molecule has 10 heteroatoms. The lowest BCUT2D eigenvalue weighted by atomic mass is 10.0. The van der Waals surface area contributed by atoms with Crippen LogP contribution in [0.15, 0.2) is 17.5 Å². The molecule has 0 unspecified atom stereocenters. The molecular weight excluding hydrogens is 439 g/mol. The fraction of sp³-hybridized carbons (Fsp3) is 0.368. The zero-order valence-corrected chi connectivity index (χ0v) is 18.4. The number of thiophene rings is 1. The second-order valence-electron chi connectivity index (χ2n) is 6.37. The van der Waals surface area contributed by atoms with Gasteiger partial charge in [0.2, 0.25) is 0 Å². The van der Waals surface area contributed by atoms with Gasteiger partial charge >= 0.3 is 11.9 Å². The molecule has 156 valence electrons. The molecule has 0 radical (unpaired) electrons. The molecule has 0 bridgehead atoms. The molecule has 7 nitrogen and oxygen atoms in total. The van der Waals surface area contributed by atoms with Crippen molar-refractivity contribution in [3.8, 4) is 0 Å². The summed E-state index contributed by atoms with van der Waals surface area (Å²) in [6.07, 6.45) is 0.661. The Balaban J connectivity index is 2.08. The molecule has 0 saturated heterocycles. The first-order chi connectivity index (χ1) is 13.7. The van der Waals surface area contributed by atoms with Gasteiger partial charge in [-0.05, 0) is 42.3 Å². The van der Waals surface area contributed by atoms with Gasteiger partial charge in [0.05, 0.1) is 17.2 Å². The Labute approximate surface area is 182 Å². The van der Waals surface area contributed by atoms with Crippen molar-refractivity contribution in [1.29, 1.82) is 0 Å². The van der Waals surface area contributed by atoms with Crippen LogP contribution in [0, 0.1) is 5.92 Å². The Morgan fingerprint density at radius 2 is 1.90 bits per heavy atom. The number of anilines is 1. The standard InChI is InChI=1S/C19H20Cl2N2O5S/c1-4-27-18(25)15-11(7-10(2)3)9-29-17(15)23-14(24)8-28-19(26)16-12(20)5-6-13(21)22-16/h5-6,9-10H,4,7-8H2,1-3H3,(H,23,24). The van der Waals surface area contributed by atoms with Crippen molar-refractivity contribution in [2.24, 2.45) is 5.92 Å². The fourth-order valence-corrected chi connectivity index (χ4v) is 3.74. The van der Waals surface area contributed by atoms with E-state index in [1.807, 2.05) is 19.2 Å². The number of amides is 1. The molecule has 0 aliphatic carbocycles. The number of esters is 2. The van der Waals surface area contributed by atoms with Crippen LogP contribution in [0.3, 0.4) is 0 Å². The summed E-state index contributed by atoms with van der Waals surface area (Å²) in [5.41, 5.74) is 0.935. The predicted octanol–water partition coefficient (Wildman–Crippen LogP) is 4.62. The lowest BCUT2D eigenvalue weighted by molar-refractivity contribution is -0.119. The average Bonchev–Trinajstić information content (AvgIpc) is 3.03. The maximum Gasteiger partial charge on any atom is 0.359 e. The summed E-state index contributed by atoms with van der Waals surface area (Å²) in [5.74, 6) is -1.69. The molecular formula is C19H20Cl2N2O5S. The first kappa shape index (κ1) is 23.1. The minimum Gasteiger partial charge on any atom is -0.462 e. The first-order valence-electron chi connectivity index (χ1n) is 8.79. The molecule has 0 aromatic carbocycles. The minimum absolute atomic E-state index is 0.0565. The summed E-state index contributed by atoms with van der Waals surface area (Å²) in [5, 5.41) is 4.88. The van der Waals surface area contributed by atoms with Gasteiger partial charge in [0.15, 0.2) is 12.3 Å². The maximum atomic E-state index is 12.3. The third-order valence-electron chi connectivity index (χ3n) is 3.57. The molecule has 0 fully saturated rings. The Morgan fingerprint density at radius 1 is 1.17 bits per heavy atom. The van der Waals surface area contributed by atoms with Crippen molar-refractivity contribution in [3.05, 3.63) is 44.5 Å². The molecule has 0 saturated carbocycles. The topological polar surface area (TPSA) is 94.6 Å². The van der Waals surface area contributed by atoms with Gasteiger partial charge in [0, 0.05) is 0 Å². The van der Waals surface area contributed by atoms with E-state index < -0.39 is 24.5 Å². The van der Waals surface area contributed by atoms with Crippen LogP contribution in [0.2, 0.25) is 10.2 Å². The van der Waals surface area contributed by atoms with E-state index in [-0.39, 0.29) is 22.5 Å². The van der Waals surface area contributed by atoms with Crippen LogP contribution in [0.5, 0.6) is 0 Å². The zero-order valence-electron chi connectivity index (χ0n) is 16.1. The third kappa shape index (κ3) is 6.42. The number of hydrogen-bond donors (Lipinski definition) is 1. The minimum atomic E-state index is -0.884. The SMILES string of the molecule is CCOC(=O)c1c(CC(C)C)csc1NC(=O)COC(=O)c1nc(Cl)ccc1Cl. The summed E-state index contributed by atoms with van der Waals surface area (Å²) in [7, 11) is 0. The quantitative estimate of drug-likeness (QED) is 0.457. The van der Waals surface area contributed by atoms with E-state index >= 15 is 0 Å². The Bertz CT molecular complexity index is 914. The number of pyridine rings is 1. The van der Waals surface area contributed by atoms with Gasteiger partial charge in [0.1, 0.15) is 10.2 Å². The highest BCUT2D eigenvalue weighted by atomic mass is 35.5. The van der Waals surface area contributed by atoms with E-state index in [1.54, 1.807) is 6.92 Å². The molecule has 0 aliphatic rings. The number of nitrogens with one attached hydrogen (secondary N) is 1. The van der Waals surface area contributed by atoms with Crippen LogP contribution < -0.4 is 5.32 Å². The van der Waals surface area contributed by atoms with E-state index in [2.05, 4.69) is 10.3 Å². The van der Waals surface area contributed by atoms with Crippen LogP contribution >= 0.6 is 34.5 Å². The molecule has 1 amide bonds. The molecule has 0 aliphatic heterocycles. The van der Waals surface area contributed by atoms with E-state index in [1.165, 1.54) is 23.5 Å². The Morgan fingerprint density at radius 3 is 2.55 bits per heavy atom. The van der Waals surface area contributed by atoms with Crippen LogP contribution in [0.1, 0.15) is 47.2 Å². The Kier molecular flexibility index (Phi) is 8.43. The van der Waals surface area contributed by atoms with Gasteiger partial charge in [-0.25, -0.2) is 14.6 Å². The number of nitrogens with zero attached hydrogens (tertiary/aromatic N) is 1. The molecule has 2 rings (SSSR count). The lowest BCUT2D eigenvalue weighted by Crippen LogP contribution is -2.22. The number of carbonyl (C=O) groups is 3. The fourth-order valence-electron chi connectivity index (χ4n) is 2.43. The molecule has 29 heavy (non-hydrogen) atoms. The number of halogens is 2. The molecule has 0 spiro atoms. The van der Waals surface area contributed by atoms with Gasteiger partial charge in [-0.15, -0.1) is 11.3 Å². The van der Waals surface area contributed by atoms with E-state index in [0.717, 1.165) is 5.56 Å². The van der Waals surface area contributed by atoms with Gasteiger partial charge < -0.3 is 14.8 Å². The molecule has 1 N–H and O–H groups in total. The summed E-state index contributed by atoms with van der Waals surface area (Å²) in [6, 6.07) is 2.83. The largest absolute Gasteiger partial charge is 0.462 e. The first-order valence-corrected chi connectivity index (χ1v) is 10.4. The van der Waals surface area contributed by atoms with Crippen molar-refractivity contribution >= 4 is 57.4 Å². The Hall–Kier alpha value is -2.16. The van der Waals surface area contributed by atoms with Gasteiger partial charge in [-0.2, -0.15) is 0 Å². The highest BCUT2D eigenvalue weighted by Crippen LogP contribution is 2.31. The van der Waals surface area contributed by atoms with Crippen molar-refractivity contribution < 1.29 is 23.9 Å². The second-order valence-corrected chi connectivity index (χ2v) is 8.05. The highest BCUT2D eigenvalue weighted by molar-refractivity contribution is 7.15. The van der Waals surface area contributed by atoms with Crippen molar-refractivity contribution in [2.75, 3.05) is 18.5 Å². The van der Waals surface area contributed by atoms with E-state index in [0.29, 0.717) is 22.9 Å². The highest BCUT2D eigenvalue weighted by Gasteiger charge is 2.23. The maximum absolute atomic E-state index is 12.3. The van der Waals surface area contributed by atoms with E-state index in [4.69, 9.17) is 32.7 Å². The number of aromatic nitrogens is 1. The smallest absolute Gasteiger partial charge is 0.359 e. The summed E-state index contributed by atoms with van der Waals surface area (Å²) < 4.78 is 10.1. The number of hydrogen-bond acceptors (Lipinski definition) is 7. The summed E-state index contributed by atoms with van der Waals surface area (Å²) in [4.78, 5) is 40.5. The normalized spacial score (nSPS) is 10.7. The molecule has 2 heterocycles. The van der Waals surface area contributed by atoms with Crippen LogP contribution in [0.4, 0.5) is 5.00 Å². The number of rotatable bonds is 8. The van der Waals surface area contributed by atoms with Crippen molar-refractivity contribution in [1.82, 2.24) is 4.98 Å². The molecule has 2 aromatic heterocycles. The van der Waals surface area contributed by atoms with E-state index in [9.17, 15) is 14.4 Å². The summed E-state index contributed by atoms with van der Waals surface area (Å²) in [6.45, 7) is 5.40. The van der Waals surface area contributed by atoms with Gasteiger partial charge in [-0.3, -0.25) is 4.79 Å². The average molecular weight is 459 g/mol. The molecule has 2 aromatic rings. The van der Waals surface area contributed by atoms with Gasteiger partial charge in [-0.1, -0.05) is 37.0 Å².